The highest BCUT2D eigenvalue weighted by Crippen LogP contribution is 2.27. The lowest BCUT2D eigenvalue weighted by molar-refractivity contribution is -0.132. The van der Waals surface area contributed by atoms with Gasteiger partial charge in [0.25, 0.3) is 5.91 Å². The van der Waals surface area contributed by atoms with Gasteiger partial charge in [-0.25, -0.2) is 9.82 Å². The van der Waals surface area contributed by atoms with Crippen LogP contribution < -0.4 is 19.6 Å². The fourth-order valence-electron chi connectivity index (χ4n) is 1.92. The number of methoxy groups -OCH3 is 1. The zero-order valence-corrected chi connectivity index (χ0v) is 14.2. The van der Waals surface area contributed by atoms with Crippen molar-refractivity contribution >= 4 is 18.1 Å². The minimum absolute atomic E-state index is 0.245. The molecule has 0 saturated carbocycles. The lowest BCUT2D eigenvalue weighted by Crippen LogP contribution is -2.24. The summed E-state index contributed by atoms with van der Waals surface area (Å²) in [4.78, 5) is 22.7. The average Bonchev–Trinajstić information content (AvgIpc) is 2.61. The molecule has 136 valence electrons. The van der Waals surface area contributed by atoms with E-state index in [1.165, 1.54) is 44.5 Å². The predicted molar refractivity (Wildman–Crippen MR) is 91.9 cm³/mol. The normalized spacial score (nSPS) is 10.4. The zero-order chi connectivity index (χ0) is 18.9. The molecule has 0 aliphatic heterocycles. The van der Waals surface area contributed by atoms with E-state index >= 15 is 0 Å². The quantitative estimate of drug-likeness (QED) is 0.354. The Hall–Kier alpha value is -3.42. The zero-order valence-electron chi connectivity index (χ0n) is 14.2. The second kappa shape index (κ2) is 9.16. The van der Waals surface area contributed by atoms with E-state index in [4.69, 9.17) is 14.2 Å². The molecule has 2 aromatic carbocycles. The summed E-state index contributed by atoms with van der Waals surface area (Å²) in [5.74, 6) is -0.541. The van der Waals surface area contributed by atoms with Crippen LogP contribution in [0.2, 0.25) is 0 Å². The van der Waals surface area contributed by atoms with Crippen LogP contribution in [0.4, 0.5) is 4.39 Å². The maximum absolute atomic E-state index is 13.0. The number of nitrogens with zero attached hydrogens (tertiary/aromatic N) is 1. The monoisotopic (exact) mass is 360 g/mol. The summed E-state index contributed by atoms with van der Waals surface area (Å²) in [7, 11) is 1.44. The van der Waals surface area contributed by atoms with Gasteiger partial charge in [-0.1, -0.05) is 6.07 Å². The largest absolute Gasteiger partial charge is 0.493 e. The molecule has 7 nitrogen and oxygen atoms in total. The standard InChI is InChI=1S/C18H17FN2O5/c1-12(22)26-16-7-6-13(8-17(16)24-2)10-20-21-18(23)11-25-15-5-3-4-14(19)9-15/h3-10H,11H2,1-2H3,(H,21,23)/b20-10-. The summed E-state index contributed by atoms with van der Waals surface area (Å²) in [6.45, 7) is 0.978. The number of nitrogens with one attached hydrogen (secondary N) is 1. The molecule has 0 unspecified atom stereocenters. The maximum Gasteiger partial charge on any atom is 0.308 e. The van der Waals surface area contributed by atoms with Crippen molar-refractivity contribution < 1.29 is 28.2 Å². The molecule has 2 rings (SSSR count). The molecule has 0 aliphatic rings. The van der Waals surface area contributed by atoms with Crippen molar-refractivity contribution in [2.24, 2.45) is 5.10 Å². The number of ether oxygens (including phenoxy) is 3. The van der Waals surface area contributed by atoms with Gasteiger partial charge in [-0.05, 0) is 35.9 Å². The molecule has 0 bridgehead atoms. The van der Waals surface area contributed by atoms with Gasteiger partial charge in [0.2, 0.25) is 0 Å². The smallest absolute Gasteiger partial charge is 0.308 e. The molecule has 1 amide bonds. The summed E-state index contributed by atoms with van der Waals surface area (Å²) in [5.41, 5.74) is 2.90. The highest BCUT2D eigenvalue weighted by atomic mass is 19.1. The molecule has 26 heavy (non-hydrogen) atoms. The number of esters is 1. The Morgan fingerprint density at radius 2 is 2.00 bits per heavy atom. The fraction of sp³-hybridized carbons (Fsp3) is 0.167. The third-order valence-electron chi connectivity index (χ3n) is 3.01. The first-order valence-corrected chi connectivity index (χ1v) is 7.54. The molecule has 0 heterocycles. The molecule has 0 aromatic heterocycles. The number of rotatable bonds is 7. The molecule has 8 heteroatoms. The van der Waals surface area contributed by atoms with Crippen LogP contribution in [0.1, 0.15) is 12.5 Å². The summed E-state index contributed by atoms with van der Waals surface area (Å²) >= 11 is 0. The molecule has 0 spiro atoms. The van der Waals surface area contributed by atoms with Crippen molar-refractivity contribution in [3.63, 3.8) is 0 Å². The molecule has 0 saturated heterocycles. The summed E-state index contributed by atoms with van der Waals surface area (Å²) in [5, 5.41) is 3.80. The van der Waals surface area contributed by atoms with E-state index in [0.717, 1.165) is 0 Å². The molecule has 0 atom stereocenters. The van der Waals surface area contributed by atoms with Crippen molar-refractivity contribution in [2.75, 3.05) is 13.7 Å². The van der Waals surface area contributed by atoms with Gasteiger partial charge >= 0.3 is 5.97 Å². The van der Waals surface area contributed by atoms with E-state index in [2.05, 4.69) is 10.5 Å². The van der Waals surface area contributed by atoms with Crippen LogP contribution in [0.3, 0.4) is 0 Å². The van der Waals surface area contributed by atoms with E-state index in [9.17, 15) is 14.0 Å². The van der Waals surface area contributed by atoms with Crippen molar-refractivity contribution in [3.8, 4) is 17.2 Å². The Morgan fingerprint density at radius 3 is 2.69 bits per heavy atom. The van der Waals surface area contributed by atoms with Gasteiger partial charge in [0.05, 0.1) is 13.3 Å². The number of hydrogen-bond acceptors (Lipinski definition) is 6. The number of hydrazone groups is 1. The number of benzene rings is 2. The molecule has 0 aliphatic carbocycles. The third-order valence-corrected chi connectivity index (χ3v) is 3.01. The highest BCUT2D eigenvalue weighted by Gasteiger charge is 2.07. The highest BCUT2D eigenvalue weighted by molar-refractivity contribution is 5.84. The Morgan fingerprint density at radius 1 is 1.19 bits per heavy atom. The lowest BCUT2D eigenvalue weighted by atomic mass is 10.2. The van der Waals surface area contributed by atoms with Gasteiger partial charge in [-0.3, -0.25) is 9.59 Å². The molecule has 1 N–H and O–H groups in total. The van der Waals surface area contributed by atoms with E-state index in [-0.39, 0.29) is 18.1 Å². The van der Waals surface area contributed by atoms with Gasteiger partial charge in [-0.15, -0.1) is 0 Å². The number of carbonyl (C=O) groups excluding carboxylic acids is 2. The molecule has 0 fully saturated rings. The first-order chi connectivity index (χ1) is 12.5. The van der Waals surface area contributed by atoms with E-state index < -0.39 is 17.7 Å². The van der Waals surface area contributed by atoms with E-state index in [1.807, 2.05) is 0 Å². The molecular formula is C18H17FN2O5. The Bertz CT molecular complexity index is 823. The lowest BCUT2D eigenvalue weighted by Gasteiger charge is -2.08. The van der Waals surface area contributed by atoms with E-state index in [1.54, 1.807) is 18.2 Å². The van der Waals surface area contributed by atoms with Crippen molar-refractivity contribution in [3.05, 3.63) is 53.8 Å². The molecular weight excluding hydrogens is 343 g/mol. The fourth-order valence-corrected chi connectivity index (χ4v) is 1.92. The van der Waals surface area contributed by atoms with Gasteiger partial charge in [-0.2, -0.15) is 5.10 Å². The topological polar surface area (TPSA) is 86.2 Å². The average molecular weight is 360 g/mol. The van der Waals surface area contributed by atoms with Gasteiger partial charge < -0.3 is 14.2 Å². The summed E-state index contributed by atoms with van der Waals surface area (Å²) < 4.78 is 28.3. The number of halogens is 1. The van der Waals surface area contributed by atoms with Crippen LogP contribution >= 0.6 is 0 Å². The molecule has 0 radical (unpaired) electrons. The van der Waals surface area contributed by atoms with E-state index in [0.29, 0.717) is 11.3 Å². The van der Waals surface area contributed by atoms with Crippen LogP contribution in [0.25, 0.3) is 0 Å². The maximum atomic E-state index is 13.0. The second-order valence-electron chi connectivity index (χ2n) is 5.04. The number of amides is 1. The summed E-state index contributed by atoms with van der Waals surface area (Å²) in [6, 6.07) is 10.3. The Labute approximate surface area is 149 Å². The Balaban J connectivity index is 1.89. The summed E-state index contributed by atoms with van der Waals surface area (Å²) in [6.07, 6.45) is 1.39. The van der Waals surface area contributed by atoms with Crippen molar-refractivity contribution in [1.82, 2.24) is 5.43 Å². The first-order valence-electron chi connectivity index (χ1n) is 7.54. The molecule has 2 aromatic rings. The Kier molecular flexibility index (Phi) is 6.67. The number of hydrogen-bond donors (Lipinski definition) is 1. The number of carbonyl (C=O) groups is 2. The van der Waals surface area contributed by atoms with Gasteiger partial charge in [0, 0.05) is 13.0 Å². The minimum atomic E-state index is -0.506. The minimum Gasteiger partial charge on any atom is -0.493 e. The van der Waals surface area contributed by atoms with Crippen LogP contribution in [-0.4, -0.2) is 31.8 Å². The van der Waals surface area contributed by atoms with Crippen LogP contribution in [0.15, 0.2) is 47.6 Å². The first kappa shape index (κ1) is 18.9. The SMILES string of the molecule is COc1cc(/C=N\NC(=O)COc2cccc(F)c2)ccc1OC(C)=O. The van der Waals surface area contributed by atoms with Crippen LogP contribution in [-0.2, 0) is 9.59 Å². The second-order valence-corrected chi connectivity index (χ2v) is 5.04. The van der Waals surface area contributed by atoms with Crippen molar-refractivity contribution in [2.45, 2.75) is 6.92 Å². The van der Waals surface area contributed by atoms with Crippen molar-refractivity contribution in [1.29, 1.82) is 0 Å². The van der Waals surface area contributed by atoms with Gasteiger partial charge in [0.15, 0.2) is 18.1 Å². The van der Waals surface area contributed by atoms with Gasteiger partial charge in [0.1, 0.15) is 11.6 Å². The van der Waals surface area contributed by atoms with Crippen LogP contribution in [0, 0.1) is 5.82 Å². The predicted octanol–water partition coefficient (Wildman–Crippen LogP) is 2.29. The third kappa shape index (κ3) is 5.90. The van der Waals surface area contributed by atoms with Crippen LogP contribution in [0.5, 0.6) is 17.2 Å².